The van der Waals surface area contributed by atoms with Gasteiger partial charge in [0.25, 0.3) is 5.56 Å². The van der Waals surface area contributed by atoms with Crippen molar-refractivity contribution in [2.24, 2.45) is 17.6 Å². The first-order valence-corrected chi connectivity index (χ1v) is 10.4. The quantitative estimate of drug-likeness (QED) is 0.746. The first-order valence-electron chi connectivity index (χ1n) is 9.62. The van der Waals surface area contributed by atoms with Gasteiger partial charge in [-0.05, 0) is 50.5 Å². The second-order valence-corrected chi connectivity index (χ2v) is 9.14. The highest BCUT2D eigenvalue weighted by molar-refractivity contribution is 7.18. The number of hydrogen-bond acceptors (Lipinski definition) is 4. The second kappa shape index (κ2) is 6.78. The van der Waals surface area contributed by atoms with Crippen molar-refractivity contribution in [2.45, 2.75) is 52.0 Å². The molecule has 0 saturated carbocycles. The minimum atomic E-state index is -0.216. The number of piperidine rings is 1. The van der Waals surface area contributed by atoms with Crippen molar-refractivity contribution in [3.63, 3.8) is 0 Å². The third kappa shape index (κ3) is 3.07. The number of nitrogens with two attached hydrogens (primary N) is 1. The summed E-state index contributed by atoms with van der Waals surface area (Å²) >= 11 is 1.69. The number of aromatic amines is 1. The van der Waals surface area contributed by atoms with Crippen LogP contribution in [0.2, 0.25) is 0 Å². The van der Waals surface area contributed by atoms with Crippen LogP contribution in [0, 0.1) is 11.8 Å². The maximum absolute atomic E-state index is 12.8. The van der Waals surface area contributed by atoms with Crippen molar-refractivity contribution in [1.29, 1.82) is 0 Å². The van der Waals surface area contributed by atoms with Crippen molar-refractivity contribution >= 4 is 27.5 Å². The Morgan fingerprint density at radius 2 is 2.23 bits per heavy atom. The zero-order valence-corrected chi connectivity index (χ0v) is 16.2. The van der Waals surface area contributed by atoms with E-state index in [4.69, 9.17) is 10.7 Å². The van der Waals surface area contributed by atoms with Gasteiger partial charge in [0.1, 0.15) is 10.9 Å². The molecule has 1 unspecified atom stereocenters. The van der Waals surface area contributed by atoms with Gasteiger partial charge in [-0.15, -0.1) is 11.3 Å². The number of carbonyl (C=O) groups is 1. The Bertz CT molecular complexity index is 903. The van der Waals surface area contributed by atoms with E-state index in [-0.39, 0.29) is 23.4 Å². The van der Waals surface area contributed by atoms with Gasteiger partial charge < -0.3 is 15.6 Å². The summed E-state index contributed by atoms with van der Waals surface area (Å²) in [5.41, 5.74) is 6.72. The van der Waals surface area contributed by atoms with Gasteiger partial charge in [-0.2, -0.15) is 0 Å². The Balaban J connectivity index is 1.67. The van der Waals surface area contributed by atoms with Crippen LogP contribution in [0.25, 0.3) is 10.2 Å². The Morgan fingerprint density at radius 1 is 1.42 bits per heavy atom. The van der Waals surface area contributed by atoms with E-state index in [0.29, 0.717) is 5.92 Å². The first kappa shape index (κ1) is 17.7. The summed E-state index contributed by atoms with van der Waals surface area (Å²) in [6, 6.07) is 0.0484. The predicted octanol–water partition coefficient (Wildman–Crippen LogP) is 0.951. The van der Waals surface area contributed by atoms with E-state index in [1.165, 1.54) is 15.3 Å². The number of aromatic nitrogens is 2. The molecule has 0 aromatic carbocycles. The molecule has 1 fully saturated rings. The summed E-state index contributed by atoms with van der Waals surface area (Å²) in [6.07, 6.45) is 5.02. The highest BCUT2D eigenvalue weighted by atomic mass is 32.1. The predicted molar refractivity (Wildman–Crippen MR) is 102 cm³/mol. The molecule has 6 nitrogen and oxygen atoms in total. The van der Waals surface area contributed by atoms with Gasteiger partial charge in [0.15, 0.2) is 5.82 Å². The molecule has 1 aliphatic heterocycles. The first-order chi connectivity index (χ1) is 12.4. The van der Waals surface area contributed by atoms with Crippen LogP contribution in [0.4, 0.5) is 0 Å². The standard InChI is InChI=1S/C19H26N4O2S/c1-10-5-6-13-14(8-10)26-19-15(13)18(25)21-17(22-19)11(2)23-7-3-4-12(9-23)16(20)24/h10-12H,3-9H2,1-2H3,(H2,20,24)(H,21,22,25)/p+1/t10-,11+,12+/m1/s1. The van der Waals surface area contributed by atoms with E-state index in [1.54, 1.807) is 11.3 Å². The van der Waals surface area contributed by atoms with E-state index in [0.717, 1.165) is 61.2 Å². The second-order valence-electron chi connectivity index (χ2n) is 8.06. The number of carbonyl (C=O) groups excluding carboxylic acids is 1. The van der Waals surface area contributed by atoms with Crippen molar-refractivity contribution < 1.29 is 9.69 Å². The lowest BCUT2D eigenvalue weighted by atomic mass is 9.89. The van der Waals surface area contributed by atoms with Crippen LogP contribution < -0.4 is 16.2 Å². The van der Waals surface area contributed by atoms with Crippen molar-refractivity contribution in [3.8, 4) is 0 Å². The number of thiophene rings is 1. The topological polar surface area (TPSA) is 93.3 Å². The Labute approximate surface area is 156 Å². The number of hydrogen-bond donors (Lipinski definition) is 3. The molecule has 1 saturated heterocycles. The highest BCUT2D eigenvalue weighted by Gasteiger charge is 2.32. The molecular weight excluding hydrogens is 348 g/mol. The maximum Gasteiger partial charge on any atom is 0.260 e. The van der Waals surface area contributed by atoms with Crippen LogP contribution >= 0.6 is 11.3 Å². The lowest BCUT2D eigenvalue weighted by Crippen LogP contribution is -3.13. The van der Waals surface area contributed by atoms with Gasteiger partial charge in [-0.25, -0.2) is 4.98 Å². The van der Waals surface area contributed by atoms with Gasteiger partial charge in [0.2, 0.25) is 5.91 Å². The highest BCUT2D eigenvalue weighted by Crippen LogP contribution is 2.35. The number of nitrogens with zero attached hydrogens (tertiary/aromatic N) is 1. The number of aryl methyl sites for hydroxylation is 1. The third-order valence-corrected chi connectivity index (χ3v) is 7.32. The lowest BCUT2D eigenvalue weighted by molar-refractivity contribution is -0.937. The number of rotatable bonds is 3. The number of H-pyrrole nitrogens is 1. The van der Waals surface area contributed by atoms with Crippen LogP contribution in [0.3, 0.4) is 0 Å². The van der Waals surface area contributed by atoms with Crippen LogP contribution in [-0.2, 0) is 17.6 Å². The number of amides is 1. The van der Waals surface area contributed by atoms with Gasteiger partial charge in [0.05, 0.1) is 24.4 Å². The Hall–Kier alpha value is -1.73. The summed E-state index contributed by atoms with van der Waals surface area (Å²) in [5, 5.41) is 0.802. The third-order valence-electron chi connectivity index (χ3n) is 6.17. The Kier molecular flexibility index (Phi) is 4.61. The molecule has 4 rings (SSSR count). The summed E-state index contributed by atoms with van der Waals surface area (Å²) in [6.45, 7) is 6.05. The van der Waals surface area contributed by atoms with Gasteiger partial charge in [-0.1, -0.05) is 6.92 Å². The molecule has 4 N–H and O–H groups in total. The molecule has 1 amide bonds. The average molecular weight is 376 g/mol. The van der Waals surface area contributed by atoms with Crippen LogP contribution in [-0.4, -0.2) is 29.0 Å². The fraction of sp³-hybridized carbons (Fsp3) is 0.632. The van der Waals surface area contributed by atoms with E-state index in [1.807, 2.05) is 0 Å². The Morgan fingerprint density at radius 3 is 3.00 bits per heavy atom. The number of nitrogens with one attached hydrogen (secondary N) is 2. The molecule has 26 heavy (non-hydrogen) atoms. The molecule has 3 heterocycles. The van der Waals surface area contributed by atoms with E-state index >= 15 is 0 Å². The van der Waals surface area contributed by atoms with E-state index < -0.39 is 0 Å². The number of fused-ring (bicyclic) bond motifs is 3. The van der Waals surface area contributed by atoms with Crippen molar-refractivity contribution in [3.05, 3.63) is 26.6 Å². The van der Waals surface area contributed by atoms with E-state index in [2.05, 4.69) is 18.8 Å². The smallest absolute Gasteiger partial charge is 0.260 e. The minimum Gasteiger partial charge on any atom is -0.369 e. The van der Waals surface area contributed by atoms with E-state index in [9.17, 15) is 9.59 Å². The zero-order valence-electron chi connectivity index (χ0n) is 15.4. The molecular formula is C19H27N4O2S+. The molecule has 7 heteroatoms. The number of quaternary nitrogens is 1. The summed E-state index contributed by atoms with van der Waals surface area (Å²) in [5.74, 6) is 1.12. The monoisotopic (exact) mass is 375 g/mol. The van der Waals surface area contributed by atoms with Crippen molar-refractivity contribution in [2.75, 3.05) is 13.1 Å². The minimum absolute atomic E-state index is 0.00763. The fourth-order valence-corrected chi connectivity index (χ4v) is 5.89. The summed E-state index contributed by atoms with van der Waals surface area (Å²) in [4.78, 5) is 35.7. The maximum atomic E-state index is 12.8. The average Bonchev–Trinajstić information content (AvgIpc) is 2.98. The van der Waals surface area contributed by atoms with Gasteiger partial charge in [-0.3, -0.25) is 9.59 Å². The fourth-order valence-electron chi connectivity index (χ4n) is 4.50. The molecule has 2 aromatic heterocycles. The van der Waals surface area contributed by atoms with Gasteiger partial charge in [0, 0.05) is 4.88 Å². The number of likely N-dealkylation sites (tertiary alicyclic amines) is 1. The summed E-state index contributed by atoms with van der Waals surface area (Å²) in [7, 11) is 0. The molecule has 140 valence electrons. The van der Waals surface area contributed by atoms with Crippen LogP contribution in [0.5, 0.6) is 0 Å². The molecule has 2 aliphatic rings. The van der Waals surface area contributed by atoms with Gasteiger partial charge >= 0.3 is 0 Å². The lowest BCUT2D eigenvalue weighted by Gasteiger charge is -2.32. The zero-order chi connectivity index (χ0) is 18.4. The molecule has 2 aromatic rings. The summed E-state index contributed by atoms with van der Waals surface area (Å²) < 4.78 is 0. The molecule has 1 aliphatic carbocycles. The molecule has 0 bridgehead atoms. The van der Waals surface area contributed by atoms with Crippen LogP contribution in [0.15, 0.2) is 4.79 Å². The largest absolute Gasteiger partial charge is 0.369 e. The molecule has 4 atom stereocenters. The molecule has 0 radical (unpaired) electrons. The van der Waals surface area contributed by atoms with Crippen LogP contribution in [0.1, 0.15) is 55.4 Å². The normalized spacial score (nSPS) is 27.2. The van der Waals surface area contributed by atoms with Crippen molar-refractivity contribution in [1.82, 2.24) is 9.97 Å². The SMILES string of the molecule is C[C@@H]1CCc2c(sc3nc([C@H](C)[NH+]4CCC[C@H](C(N)=O)C4)[nH]c(=O)c23)C1. The number of primary amides is 1. The molecule has 0 spiro atoms.